The van der Waals surface area contributed by atoms with E-state index < -0.39 is 58.5 Å². The van der Waals surface area contributed by atoms with Gasteiger partial charge in [-0.3, -0.25) is 9.59 Å². The van der Waals surface area contributed by atoms with Gasteiger partial charge in [0.1, 0.15) is 16.7 Å². The van der Waals surface area contributed by atoms with Crippen molar-refractivity contribution in [1.29, 1.82) is 0 Å². The third-order valence-corrected chi connectivity index (χ3v) is 6.58. The summed E-state index contributed by atoms with van der Waals surface area (Å²) in [6.45, 7) is 6.20. The van der Waals surface area contributed by atoms with Crippen LogP contribution in [0, 0.1) is 12.7 Å². The molecule has 0 aromatic heterocycles. The molecule has 36 heavy (non-hydrogen) atoms. The van der Waals surface area contributed by atoms with Crippen LogP contribution in [-0.4, -0.2) is 56.7 Å². The molecule has 3 atom stereocenters. The van der Waals surface area contributed by atoms with Crippen molar-refractivity contribution in [3.63, 3.8) is 0 Å². The van der Waals surface area contributed by atoms with Gasteiger partial charge in [0.2, 0.25) is 5.91 Å². The highest BCUT2D eigenvalue weighted by Crippen LogP contribution is 2.46. The summed E-state index contributed by atoms with van der Waals surface area (Å²) < 4.78 is 20.2. The number of anilines is 1. The highest BCUT2D eigenvalue weighted by molar-refractivity contribution is 8.02. The van der Waals surface area contributed by atoms with E-state index in [1.54, 1.807) is 39.0 Å². The Morgan fingerprint density at radius 1 is 1.11 bits per heavy atom. The third kappa shape index (κ3) is 6.54. The minimum atomic E-state index is -1.36. The minimum Gasteiger partial charge on any atom is -0.480 e. The van der Waals surface area contributed by atoms with Crippen molar-refractivity contribution in [2.45, 2.75) is 50.0 Å². The van der Waals surface area contributed by atoms with E-state index in [1.165, 1.54) is 18.2 Å². The number of carbonyl (C=O) groups is 4. The first-order valence-electron chi connectivity index (χ1n) is 11.2. The van der Waals surface area contributed by atoms with E-state index >= 15 is 0 Å². The highest BCUT2D eigenvalue weighted by atomic mass is 32.2. The number of nitrogens with zero attached hydrogens (tertiary/aromatic N) is 1. The van der Waals surface area contributed by atoms with E-state index in [2.05, 4.69) is 10.6 Å². The van der Waals surface area contributed by atoms with E-state index in [1.807, 2.05) is 13.0 Å². The second-order valence-corrected chi connectivity index (χ2v) is 10.5. The van der Waals surface area contributed by atoms with Crippen molar-refractivity contribution in [3.8, 4) is 0 Å². The predicted octanol–water partition coefficient (Wildman–Crippen LogP) is 3.69. The Hall–Kier alpha value is -3.60. The predicted molar refractivity (Wildman–Crippen MR) is 133 cm³/mol. The number of aryl methyl sites for hydroxylation is 1. The van der Waals surface area contributed by atoms with E-state index in [0.29, 0.717) is 17.4 Å². The molecule has 0 spiro atoms. The molecule has 0 unspecified atom stereocenters. The summed E-state index contributed by atoms with van der Waals surface area (Å²) in [6, 6.07) is 10.5. The van der Waals surface area contributed by atoms with Crippen molar-refractivity contribution in [1.82, 2.24) is 10.2 Å². The third-order valence-electron chi connectivity index (χ3n) is 5.15. The molecule has 0 saturated carbocycles. The van der Waals surface area contributed by atoms with Gasteiger partial charge in [-0.2, -0.15) is 0 Å². The van der Waals surface area contributed by atoms with Gasteiger partial charge in [-0.25, -0.2) is 14.0 Å². The van der Waals surface area contributed by atoms with Crippen LogP contribution in [0.3, 0.4) is 0 Å². The van der Waals surface area contributed by atoms with Gasteiger partial charge >= 0.3 is 18.0 Å². The van der Waals surface area contributed by atoms with Crippen molar-refractivity contribution in [2.24, 2.45) is 0 Å². The fraction of sp³-hybridized carbons (Fsp3) is 0.360. The SMILES string of the molecule is Cc1cccc(NC(=O)NCC(=O)N2[C@H](C(=O)OC(C)(C)C)S[C@@H](C(=O)O)[C@@H]2c2ccccc2F)c1. The van der Waals surface area contributed by atoms with Crippen LogP contribution in [-0.2, 0) is 19.1 Å². The molecule has 1 aliphatic heterocycles. The summed E-state index contributed by atoms with van der Waals surface area (Å²) in [5.41, 5.74) is 0.470. The number of ether oxygens (including phenoxy) is 1. The Bertz CT molecular complexity index is 1170. The van der Waals surface area contributed by atoms with Crippen LogP contribution in [0.15, 0.2) is 48.5 Å². The number of carboxylic acids is 1. The molecule has 3 rings (SSSR count). The minimum absolute atomic E-state index is 0.0546. The lowest BCUT2D eigenvalue weighted by Crippen LogP contribution is -2.48. The molecule has 1 fully saturated rings. The summed E-state index contributed by atoms with van der Waals surface area (Å²) in [5.74, 6) is -3.64. The number of rotatable bonds is 6. The van der Waals surface area contributed by atoms with E-state index in [-0.39, 0.29) is 5.56 Å². The van der Waals surface area contributed by atoms with Crippen LogP contribution in [0.4, 0.5) is 14.9 Å². The van der Waals surface area contributed by atoms with Crippen LogP contribution in [0.5, 0.6) is 0 Å². The number of aliphatic carboxylic acids is 1. The monoisotopic (exact) mass is 517 g/mol. The molecule has 0 bridgehead atoms. The lowest BCUT2D eigenvalue weighted by atomic mass is 10.0. The average Bonchev–Trinajstić information content (AvgIpc) is 3.18. The molecule has 9 nitrogen and oxygen atoms in total. The van der Waals surface area contributed by atoms with E-state index in [9.17, 15) is 28.7 Å². The first-order chi connectivity index (χ1) is 16.9. The number of carboxylic acid groups (broad SMARTS) is 1. The molecule has 1 aliphatic rings. The number of benzene rings is 2. The molecule has 3 N–H and O–H groups in total. The second-order valence-electron chi connectivity index (χ2n) is 9.23. The fourth-order valence-electron chi connectivity index (χ4n) is 3.74. The normalized spacial score (nSPS) is 19.5. The van der Waals surface area contributed by atoms with Gasteiger partial charge in [0.05, 0.1) is 12.6 Å². The number of hydrogen-bond donors (Lipinski definition) is 3. The van der Waals surface area contributed by atoms with Crippen LogP contribution in [0.1, 0.15) is 37.9 Å². The molecule has 0 aliphatic carbocycles. The van der Waals surface area contributed by atoms with Crippen molar-refractivity contribution in [2.75, 3.05) is 11.9 Å². The van der Waals surface area contributed by atoms with Gasteiger partial charge in [-0.05, 0) is 51.5 Å². The smallest absolute Gasteiger partial charge is 0.340 e. The van der Waals surface area contributed by atoms with Gasteiger partial charge in [0, 0.05) is 11.3 Å². The van der Waals surface area contributed by atoms with E-state index in [4.69, 9.17) is 4.74 Å². The zero-order valence-corrected chi connectivity index (χ0v) is 21.1. The maximum atomic E-state index is 14.8. The Kier molecular flexibility index (Phi) is 8.24. The number of carbonyl (C=O) groups excluding carboxylic acids is 3. The van der Waals surface area contributed by atoms with Gasteiger partial charge in [0.25, 0.3) is 0 Å². The lowest BCUT2D eigenvalue weighted by molar-refractivity contribution is -0.161. The molecule has 192 valence electrons. The summed E-state index contributed by atoms with van der Waals surface area (Å²) in [7, 11) is 0. The standard InChI is InChI=1S/C25H28FN3O6S/c1-14-8-7-9-15(12-14)28-24(34)27-13-18(30)29-19(16-10-5-6-11-17(16)26)20(22(31)32)36-21(29)23(33)35-25(2,3)4/h5-12,19-21H,13H2,1-4H3,(H,31,32)(H2,27,28,34)/t19-,20+,21-/m0/s1. The number of esters is 1. The molecule has 1 saturated heterocycles. The van der Waals surface area contributed by atoms with Crippen LogP contribution in [0.2, 0.25) is 0 Å². The van der Waals surface area contributed by atoms with E-state index in [0.717, 1.165) is 16.5 Å². The second kappa shape index (κ2) is 11.0. The molecule has 0 radical (unpaired) electrons. The maximum Gasteiger partial charge on any atom is 0.340 e. The van der Waals surface area contributed by atoms with Crippen LogP contribution >= 0.6 is 11.8 Å². The van der Waals surface area contributed by atoms with Crippen molar-refractivity contribution in [3.05, 3.63) is 65.5 Å². The molecule has 3 amide bonds. The van der Waals surface area contributed by atoms with Gasteiger partial charge in [0.15, 0.2) is 5.37 Å². The summed E-state index contributed by atoms with van der Waals surface area (Å²) >= 11 is 0.690. The number of urea groups is 1. The zero-order valence-electron chi connectivity index (χ0n) is 20.3. The number of nitrogens with one attached hydrogen (secondary N) is 2. The zero-order chi connectivity index (χ0) is 26.6. The van der Waals surface area contributed by atoms with Crippen molar-refractivity contribution < 1.29 is 33.4 Å². The average molecular weight is 518 g/mol. The summed E-state index contributed by atoms with van der Waals surface area (Å²) in [4.78, 5) is 51.8. The Morgan fingerprint density at radius 2 is 1.81 bits per heavy atom. The number of amides is 3. The molecule has 2 aromatic rings. The maximum absolute atomic E-state index is 14.8. The fourth-order valence-corrected chi connectivity index (χ4v) is 5.10. The van der Waals surface area contributed by atoms with Crippen molar-refractivity contribution >= 4 is 41.3 Å². The largest absolute Gasteiger partial charge is 0.480 e. The Balaban J connectivity index is 1.88. The quantitative estimate of drug-likeness (QED) is 0.499. The molecular weight excluding hydrogens is 489 g/mol. The number of thioether (sulfide) groups is 1. The Labute approximate surface area is 212 Å². The molecule has 1 heterocycles. The van der Waals surface area contributed by atoms with Gasteiger partial charge < -0.3 is 25.4 Å². The summed E-state index contributed by atoms with van der Waals surface area (Å²) in [6.07, 6.45) is 0. The van der Waals surface area contributed by atoms with Crippen LogP contribution < -0.4 is 10.6 Å². The topological polar surface area (TPSA) is 125 Å². The summed E-state index contributed by atoms with van der Waals surface area (Å²) in [5, 5.41) is 12.2. The van der Waals surface area contributed by atoms with Gasteiger partial charge in [-0.15, -0.1) is 11.8 Å². The van der Waals surface area contributed by atoms with Crippen LogP contribution in [0.25, 0.3) is 0 Å². The molecule has 2 aromatic carbocycles. The lowest BCUT2D eigenvalue weighted by Gasteiger charge is -2.31. The number of halogens is 1. The molecule has 11 heteroatoms. The highest BCUT2D eigenvalue weighted by Gasteiger charge is 2.53. The molecular formula is C25H28FN3O6S. The number of hydrogen-bond acceptors (Lipinski definition) is 6. The first kappa shape index (κ1) is 27.0. The first-order valence-corrected chi connectivity index (χ1v) is 12.1. The Morgan fingerprint density at radius 3 is 2.42 bits per heavy atom. The van der Waals surface area contributed by atoms with Gasteiger partial charge in [-0.1, -0.05) is 30.3 Å².